The van der Waals surface area contributed by atoms with Crippen molar-refractivity contribution in [3.63, 3.8) is 0 Å². The fraction of sp³-hybridized carbons (Fsp3) is 0.429. The molecular formula is C7H10O3. The van der Waals surface area contributed by atoms with Crippen molar-refractivity contribution in [2.24, 2.45) is 0 Å². The fourth-order valence-electron chi connectivity index (χ4n) is 0.359. The van der Waals surface area contributed by atoms with Gasteiger partial charge in [-0.25, -0.2) is 0 Å². The Balaban J connectivity index is 3.39. The zero-order chi connectivity index (χ0) is 7.98. The van der Waals surface area contributed by atoms with E-state index in [1.54, 1.807) is 0 Å². The second-order valence-electron chi connectivity index (χ2n) is 1.86. The molecule has 0 fully saturated rings. The number of carbonyl (C=O) groups is 2. The Hall–Kier alpha value is -1.12. The van der Waals surface area contributed by atoms with E-state index in [1.807, 2.05) is 0 Å². The van der Waals surface area contributed by atoms with Crippen molar-refractivity contribution in [1.29, 1.82) is 0 Å². The molecule has 0 N–H and O–H groups in total. The van der Waals surface area contributed by atoms with Crippen LogP contribution in [-0.2, 0) is 14.3 Å². The van der Waals surface area contributed by atoms with Crippen molar-refractivity contribution >= 4 is 11.8 Å². The van der Waals surface area contributed by atoms with Crippen LogP contribution in [0.2, 0.25) is 0 Å². The molecule has 0 saturated carbocycles. The number of carbonyl (C=O) groups excluding carboxylic acids is 2. The van der Waals surface area contributed by atoms with E-state index in [9.17, 15) is 9.59 Å². The largest absolute Gasteiger partial charge is 0.457 e. The number of Topliss-reactive ketones (excluding diaryl/α,β-unsaturated/α-hetero) is 1. The molecule has 0 amide bonds. The maximum Gasteiger partial charge on any atom is 0.310 e. The van der Waals surface area contributed by atoms with Crippen LogP contribution in [0.1, 0.15) is 13.3 Å². The van der Waals surface area contributed by atoms with E-state index in [-0.39, 0.29) is 18.8 Å². The normalized spacial score (nSPS) is 8.50. The summed E-state index contributed by atoms with van der Waals surface area (Å²) < 4.78 is 4.48. The topological polar surface area (TPSA) is 43.4 Å². The highest BCUT2D eigenvalue weighted by Crippen LogP contribution is 1.86. The molecular weight excluding hydrogens is 132 g/mol. The summed E-state index contributed by atoms with van der Waals surface area (Å²) in [5.74, 6) is -0.567. The van der Waals surface area contributed by atoms with Crippen LogP contribution < -0.4 is 0 Å². The van der Waals surface area contributed by atoms with Gasteiger partial charge in [0.25, 0.3) is 0 Å². The van der Waals surface area contributed by atoms with Gasteiger partial charge < -0.3 is 4.74 Å². The van der Waals surface area contributed by atoms with Crippen molar-refractivity contribution in [3.05, 3.63) is 12.7 Å². The standard InChI is InChI=1S/C7H10O3/c1-3-4-7(9)10-5-6(2)8/h3H,1,4-5H2,2H3. The van der Waals surface area contributed by atoms with Crippen LogP contribution >= 0.6 is 0 Å². The third kappa shape index (κ3) is 5.03. The Morgan fingerprint density at radius 2 is 2.20 bits per heavy atom. The van der Waals surface area contributed by atoms with E-state index < -0.39 is 5.97 Å². The number of hydrogen-bond acceptors (Lipinski definition) is 3. The fourth-order valence-corrected chi connectivity index (χ4v) is 0.359. The molecule has 3 nitrogen and oxygen atoms in total. The minimum Gasteiger partial charge on any atom is -0.457 e. The molecule has 0 aromatic heterocycles. The Bertz CT molecular complexity index is 149. The van der Waals surface area contributed by atoms with Crippen LogP contribution in [0.15, 0.2) is 12.7 Å². The molecule has 0 aromatic rings. The van der Waals surface area contributed by atoms with Gasteiger partial charge in [0.1, 0.15) is 6.61 Å². The molecule has 0 radical (unpaired) electrons. The highest BCUT2D eigenvalue weighted by Gasteiger charge is 1.99. The summed E-state index contributed by atoms with van der Waals surface area (Å²) in [5, 5.41) is 0. The molecule has 10 heavy (non-hydrogen) atoms. The summed E-state index contributed by atoms with van der Waals surface area (Å²) in [6.45, 7) is 4.57. The zero-order valence-electron chi connectivity index (χ0n) is 5.92. The predicted molar refractivity (Wildman–Crippen MR) is 36.5 cm³/mol. The molecule has 0 bridgehead atoms. The van der Waals surface area contributed by atoms with Gasteiger partial charge in [-0.1, -0.05) is 6.08 Å². The molecule has 0 spiro atoms. The van der Waals surface area contributed by atoms with Crippen molar-refractivity contribution in [2.75, 3.05) is 6.61 Å². The van der Waals surface area contributed by atoms with Gasteiger partial charge in [0.05, 0.1) is 6.42 Å². The second-order valence-corrected chi connectivity index (χ2v) is 1.86. The minimum absolute atomic E-state index is 0.132. The summed E-state index contributed by atoms with van der Waals surface area (Å²) in [7, 11) is 0. The monoisotopic (exact) mass is 142 g/mol. The van der Waals surface area contributed by atoms with Gasteiger partial charge in [0.15, 0.2) is 5.78 Å². The first kappa shape index (κ1) is 8.88. The van der Waals surface area contributed by atoms with Gasteiger partial charge >= 0.3 is 5.97 Å². The number of ether oxygens (including phenoxy) is 1. The quantitative estimate of drug-likeness (QED) is 0.428. The van der Waals surface area contributed by atoms with Gasteiger partial charge in [-0.2, -0.15) is 0 Å². The molecule has 0 aliphatic heterocycles. The SMILES string of the molecule is C=CCC(=O)OCC(C)=O. The zero-order valence-corrected chi connectivity index (χ0v) is 5.92. The highest BCUT2D eigenvalue weighted by molar-refractivity contribution is 5.80. The molecule has 56 valence electrons. The Labute approximate surface area is 59.7 Å². The first-order chi connectivity index (χ1) is 4.66. The summed E-state index contributed by atoms with van der Waals surface area (Å²) >= 11 is 0. The van der Waals surface area contributed by atoms with E-state index in [0.717, 1.165) is 0 Å². The summed E-state index contributed by atoms with van der Waals surface area (Å²) in [5.41, 5.74) is 0. The molecule has 0 aliphatic carbocycles. The van der Waals surface area contributed by atoms with Gasteiger partial charge in [-0.05, 0) is 6.92 Å². The highest BCUT2D eigenvalue weighted by atomic mass is 16.5. The molecule has 0 aliphatic rings. The number of ketones is 1. The van der Waals surface area contributed by atoms with Crippen molar-refractivity contribution in [3.8, 4) is 0 Å². The van der Waals surface area contributed by atoms with E-state index in [0.29, 0.717) is 0 Å². The van der Waals surface area contributed by atoms with Gasteiger partial charge in [0.2, 0.25) is 0 Å². The van der Waals surface area contributed by atoms with Crippen LogP contribution in [0.3, 0.4) is 0 Å². The van der Waals surface area contributed by atoms with Crippen molar-refractivity contribution in [1.82, 2.24) is 0 Å². The summed E-state index contributed by atoms with van der Waals surface area (Å²) in [4.78, 5) is 20.8. The molecule has 3 heteroatoms. The Morgan fingerprint density at radius 3 is 2.60 bits per heavy atom. The summed E-state index contributed by atoms with van der Waals surface area (Å²) in [6.07, 6.45) is 1.59. The first-order valence-electron chi connectivity index (χ1n) is 2.92. The van der Waals surface area contributed by atoms with E-state index in [4.69, 9.17) is 0 Å². The molecule has 0 unspecified atom stereocenters. The number of esters is 1. The van der Waals surface area contributed by atoms with Crippen molar-refractivity contribution < 1.29 is 14.3 Å². The molecule has 0 saturated heterocycles. The number of hydrogen-bond donors (Lipinski definition) is 0. The minimum atomic E-state index is -0.412. The maximum absolute atomic E-state index is 10.5. The lowest BCUT2D eigenvalue weighted by molar-refractivity contribution is -0.146. The van der Waals surface area contributed by atoms with E-state index >= 15 is 0 Å². The number of rotatable bonds is 4. The molecule has 0 atom stereocenters. The van der Waals surface area contributed by atoms with Crippen LogP contribution in [0, 0.1) is 0 Å². The predicted octanol–water partition coefficient (Wildman–Crippen LogP) is 0.695. The lowest BCUT2D eigenvalue weighted by Crippen LogP contribution is -2.09. The maximum atomic E-state index is 10.5. The molecule has 0 aromatic carbocycles. The smallest absolute Gasteiger partial charge is 0.310 e. The second kappa shape index (κ2) is 4.73. The van der Waals surface area contributed by atoms with Crippen LogP contribution in [0.4, 0.5) is 0 Å². The average Bonchev–Trinajstić information content (AvgIpc) is 1.85. The van der Waals surface area contributed by atoms with Gasteiger partial charge in [0, 0.05) is 0 Å². The van der Waals surface area contributed by atoms with Gasteiger partial charge in [-0.15, -0.1) is 6.58 Å². The van der Waals surface area contributed by atoms with Crippen molar-refractivity contribution in [2.45, 2.75) is 13.3 Å². The Morgan fingerprint density at radius 1 is 1.60 bits per heavy atom. The van der Waals surface area contributed by atoms with Gasteiger partial charge in [-0.3, -0.25) is 9.59 Å². The van der Waals surface area contributed by atoms with E-state index in [1.165, 1.54) is 13.0 Å². The third-order valence-corrected chi connectivity index (χ3v) is 0.747. The van der Waals surface area contributed by atoms with Crippen LogP contribution in [0.25, 0.3) is 0 Å². The van der Waals surface area contributed by atoms with Crippen LogP contribution in [0.5, 0.6) is 0 Å². The third-order valence-electron chi connectivity index (χ3n) is 0.747. The van der Waals surface area contributed by atoms with E-state index in [2.05, 4.69) is 11.3 Å². The van der Waals surface area contributed by atoms with Crippen LogP contribution in [-0.4, -0.2) is 18.4 Å². The summed E-state index contributed by atoms with van der Waals surface area (Å²) in [6, 6.07) is 0. The average molecular weight is 142 g/mol. The Kier molecular flexibility index (Phi) is 4.20. The first-order valence-corrected chi connectivity index (χ1v) is 2.92. The lowest BCUT2D eigenvalue weighted by Gasteiger charge is -1.97. The molecule has 0 heterocycles. The molecule has 0 rings (SSSR count). The lowest BCUT2D eigenvalue weighted by atomic mass is 10.4.